The first-order valence-corrected chi connectivity index (χ1v) is 4.97. The number of nitrogens with one attached hydrogen (secondary N) is 1. The lowest BCUT2D eigenvalue weighted by molar-refractivity contribution is 0.0784. The number of carbonyl (C=O) groups is 1. The summed E-state index contributed by atoms with van der Waals surface area (Å²) in [6.45, 7) is 2.53. The molecule has 0 spiro atoms. The van der Waals surface area contributed by atoms with Gasteiger partial charge in [0, 0.05) is 19.1 Å². The van der Waals surface area contributed by atoms with E-state index in [2.05, 4.69) is 5.32 Å². The van der Waals surface area contributed by atoms with Crippen LogP contribution in [0.5, 0.6) is 0 Å². The van der Waals surface area contributed by atoms with E-state index in [4.69, 9.17) is 5.11 Å². The Morgan fingerprint density at radius 1 is 1.46 bits per heavy atom. The van der Waals surface area contributed by atoms with Crippen LogP contribution >= 0.6 is 0 Å². The Bertz CT molecular complexity index is 198. The molecular weight excluding hydrogens is 168 g/mol. The normalized spacial score (nSPS) is 22.9. The third kappa shape index (κ3) is 2.34. The Balaban J connectivity index is 1.51. The number of nitrogens with zero attached hydrogens (tertiary/aromatic N) is 1. The van der Waals surface area contributed by atoms with E-state index in [1.807, 2.05) is 0 Å². The highest BCUT2D eigenvalue weighted by Crippen LogP contribution is 2.21. The molecule has 2 aliphatic rings. The fourth-order valence-corrected chi connectivity index (χ4v) is 1.69. The molecule has 1 aliphatic carbocycles. The molecule has 0 radical (unpaired) electrons. The van der Waals surface area contributed by atoms with Crippen LogP contribution in [0.4, 0.5) is 4.79 Å². The van der Waals surface area contributed by atoms with Crippen LogP contribution in [-0.4, -0.2) is 41.8 Å². The molecule has 2 fully saturated rings. The summed E-state index contributed by atoms with van der Waals surface area (Å²) in [5, 5.41) is 12.0. The quantitative estimate of drug-likeness (QED) is 0.677. The number of rotatable bonds is 4. The van der Waals surface area contributed by atoms with E-state index in [-0.39, 0.29) is 0 Å². The highest BCUT2D eigenvalue weighted by atomic mass is 16.4. The highest BCUT2D eigenvalue weighted by molar-refractivity contribution is 5.65. The molecule has 13 heavy (non-hydrogen) atoms. The maximum atomic E-state index is 10.4. The minimum atomic E-state index is -0.772. The Morgan fingerprint density at radius 2 is 2.15 bits per heavy atom. The van der Waals surface area contributed by atoms with Gasteiger partial charge in [-0.15, -0.1) is 0 Å². The van der Waals surface area contributed by atoms with E-state index < -0.39 is 6.09 Å². The number of amides is 1. The number of hydrogen-bond acceptors (Lipinski definition) is 2. The topological polar surface area (TPSA) is 52.6 Å². The zero-order valence-electron chi connectivity index (χ0n) is 7.70. The zero-order valence-corrected chi connectivity index (χ0v) is 7.70. The van der Waals surface area contributed by atoms with Crippen molar-refractivity contribution in [2.75, 3.05) is 19.6 Å². The molecule has 0 aromatic carbocycles. The first-order valence-electron chi connectivity index (χ1n) is 4.97. The molecule has 0 aromatic rings. The third-order valence-corrected chi connectivity index (χ3v) is 2.79. The predicted octanol–water partition coefficient (Wildman–Crippen LogP) is 0.738. The highest BCUT2D eigenvalue weighted by Gasteiger charge is 2.30. The van der Waals surface area contributed by atoms with Crippen LogP contribution in [0.15, 0.2) is 0 Å². The van der Waals surface area contributed by atoms with Crippen molar-refractivity contribution < 1.29 is 9.90 Å². The van der Waals surface area contributed by atoms with Crippen LogP contribution in [0.1, 0.15) is 19.3 Å². The van der Waals surface area contributed by atoms with Crippen LogP contribution in [0.3, 0.4) is 0 Å². The molecule has 0 aromatic heterocycles. The lowest BCUT2D eigenvalue weighted by Gasteiger charge is -2.37. The van der Waals surface area contributed by atoms with Gasteiger partial charge < -0.3 is 15.3 Å². The second-order valence-corrected chi connectivity index (χ2v) is 4.07. The van der Waals surface area contributed by atoms with Gasteiger partial charge in [-0.1, -0.05) is 0 Å². The predicted molar refractivity (Wildman–Crippen MR) is 48.7 cm³/mol. The van der Waals surface area contributed by atoms with Crippen molar-refractivity contribution >= 4 is 6.09 Å². The van der Waals surface area contributed by atoms with Gasteiger partial charge >= 0.3 is 6.09 Å². The summed E-state index contributed by atoms with van der Waals surface area (Å²) in [6.07, 6.45) is 3.00. The van der Waals surface area contributed by atoms with E-state index in [1.165, 1.54) is 17.7 Å². The van der Waals surface area contributed by atoms with Crippen LogP contribution < -0.4 is 5.32 Å². The first kappa shape index (κ1) is 8.81. The number of carboxylic acid groups (broad SMARTS) is 1. The van der Waals surface area contributed by atoms with Crippen molar-refractivity contribution in [1.82, 2.24) is 10.2 Å². The van der Waals surface area contributed by atoms with Crippen molar-refractivity contribution in [2.45, 2.75) is 25.3 Å². The third-order valence-electron chi connectivity index (χ3n) is 2.79. The van der Waals surface area contributed by atoms with E-state index in [9.17, 15) is 4.79 Å². The Morgan fingerprint density at radius 3 is 2.69 bits per heavy atom. The molecule has 1 heterocycles. The van der Waals surface area contributed by atoms with E-state index >= 15 is 0 Å². The molecule has 0 unspecified atom stereocenters. The van der Waals surface area contributed by atoms with Gasteiger partial charge in [-0.2, -0.15) is 0 Å². The van der Waals surface area contributed by atoms with Crippen molar-refractivity contribution in [3.05, 3.63) is 0 Å². The van der Waals surface area contributed by atoms with Gasteiger partial charge in [0.05, 0.1) is 0 Å². The smallest absolute Gasteiger partial charge is 0.407 e. The van der Waals surface area contributed by atoms with Crippen molar-refractivity contribution in [1.29, 1.82) is 0 Å². The molecule has 1 amide bonds. The van der Waals surface area contributed by atoms with E-state index in [0.29, 0.717) is 5.92 Å². The average molecular weight is 184 g/mol. The van der Waals surface area contributed by atoms with Crippen LogP contribution in [0, 0.1) is 5.92 Å². The fourth-order valence-electron chi connectivity index (χ4n) is 1.69. The molecule has 0 atom stereocenters. The SMILES string of the molecule is O=C(O)N1CC(CCNC2CC2)C1. The Hall–Kier alpha value is -0.770. The maximum Gasteiger partial charge on any atom is 0.407 e. The number of hydrogen-bond donors (Lipinski definition) is 2. The number of likely N-dealkylation sites (tertiary alicyclic amines) is 1. The second-order valence-electron chi connectivity index (χ2n) is 4.07. The Labute approximate surface area is 77.9 Å². The minimum Gasteiger partial charge on any atom is -0.465 e. The molecular formula is C9H16N2O2. The summed E-state index contributed by atoms with van der Waals surface area (Å²) < 4.78 is 0. The minimum absolute atomic E-state index is 0.599. The molecule has 2 N–H and O–H groups in total. The first-order chi connectivity index (χ1) is 6.25. The van der Waals surface area contributed by atoms with Gasteiger partial charge in [0.15, 0.2) is 0 Å². The molecule has 0 bridgehead atoms. The molecule has 2 rings (SSSR count). The molecule has 1 aliphatic heterocycles. The molecule has 4 heteroatoms. The molecule has 1 saturated heterocycles. The van der Waals surface area contributed by atoms with Crippen molar-refractivity contribution in [3.63, 3.8) is 0 Å². The van der Waals surface area contributed by atoms with Crippen LogP contribution in [-0.2, 0) is 0 Å². The molecule has 74 valence electrons. The van der Waals surface area contributed by atoms with Crippen molar-refractivity contribution in [3.8, 4) is 0 Å². The fraction of sp³-hybridized carbons (Fsp3) is 0.889. The largest absolute Gasteiger partial charge is 0.465 e. The van der Waals surface area contributed by atoms with Crippen LogP contribution in [0.25, 0.3) is 0 Å². The summed E-state index contributed by atoms with van der Waals surface area (Å²) in [4.78, 5) is 11.9. The molecule has 1 saturated carbocycles. The van der Waals surface area contributed by atoms with Gasteiger partial charge in [-0.3, -0.25) is 0 Å². The Kier molecular flexibility index (Phi) is 2.40. The monoisotopic (exact) mass is 184 g/mol. The second kappa shape index (κ2) is 3.54. The summed E-state index contributed by atoms with van der Waals surface area (Å²) in [5.74, 6) is 0.599. The summed E-state index contributed by atoms with van der Waals surface area (Å²) in [5.41, 5.74) is 0. The lowest BCUT2D eigenvalue weighted by atomic mass is 9.97. The lowest BCUT2D eigenvalue weighted by Crippen LogP contribution is -2.50. The van der Waals surface area contributed by atoms with Gasteiger partial charge in [0.1, 0.15) is 0 Å². The average Bonchev–Trinajstić information content (AvgIpc) is 2.75. The summed E-state index contributed by atoms with van der Waals surface area (Å²) in [6, 6.07) is 0.774. The van der Waals surface area contributed by atoms with Gasteiger partial charge in [-0.25, -0.2) is 4.79 Å². The maximum absolute atomic E-state index is 10.4. The van der Waals surface area contributed by atoms with E-state index in [0.717, 1.165) is 32.1 Å². The van der Waals surface area contributed by atoms with Crippen molar-refractivity contribution in [2.24, 2.45) is 5.92 Å². The van der Waals surface area contributed by atoms with Gasteiger partial charge in [0.2, 0.25) is 0 Å². The summed E-state index contributed by atoms with van der Waals surface area (Å²) >= 11 is 0. The van der Waals surface area contributed by atoms with Crippen LogP contribution in [0.2, 0.25) is 0 Å². The van der Waals surface area contributed by atoms with Gasteiger partial charge in [0.25, 0.3) is 0 Å². The molecule has 4 nitrogen and oxygen atoms in total. The standard InChI is InChI=1S/C9H16N2O2/c12-9(13)11-5-7(6-11)3-4-10-8-1-2-8/h7-8,10H,1-6H2,(H,12,13). The zero-order chi connectivity index (χ0) is 9.26. The summed E-state index contributed by atoms with van der Waals surface area (Å²) in [7, 11) is 0. The van der Waals surface area contributed by atoms with Gasteiger partial charge in [-0.05, 0) is 31.7 Å². The van der Waals surface area contributed by atoms with E-state index in [1.54, 1.807) is 0 Å².